The Kier molecular flexibility index (Phi) is 4.33. The summed E-state index contributed by atoms with van der Waals surface area (Å²) < 4.78 is 41.9. The third-order valence-corrected chi connectivity index (χ3v) is 6.24. The summed E-state index contributed by atoms with van der Waals surface area (Å²) >= 11 is 0. The first-order valence-electron chi connectivity index (χ1n) is 7.59. The second kappa shape index (κ2) is 5.85. The zero-order valence-electron chi connectivity index (χ0n) is 13.1. The number of phosphoric ester groups is 1. The number of hydrogen-bond donors (Lipinski definition) is 8. The van der Waals surface area contributed by atoms with Crippen LogP contribution in [-0.2, 0) is 32.3 Å². The van der Waals surface area contributed by atoms with Crippen LogP contribution in [-0.4, -0.2) is 108 Å². The molecule has 11 atom stereocenters. The first-order chi connectivity index (χ1) is 12.4. The summed E-state index contributed by atoms with van der Waals surface area (Å²) in [4.78, 5) is 0. The van der Waals surface area contributed by atoms with E-state index in [0.29, 0.717) is 0 Å². The second-order valence-corrected chi connectivity index (χ2v) is 7.83. The maximum atomic E-state index is 12.4. The molecule has 4 aliphatic heterocycles. The van der Waals surface area contributed by atoms with E-state index in [4.69, 9.17) is 27.8 Å². The molecule has 0 radical (unpaired) electrons. The molecule has 0 saturated carbocycles. The lowest BCUT2D eigenvalue weighted by Gasteiger charge is -2.55. The van der Waals surface area contributed by atoms with Gasteiger partial charge in [-0.1, -0.05) is 0 Å². The highest BCUT2D eigenvalue weighted by molar-refractivity contribution is 7.49. The van der Waals surface area contributed by atoms with Crippen molar-refractivity contribution in [1.29, 1.82) is 0 Å². The maximum absolute atomic E-state index is 12.4. The number of phosphoric acid groups is 1. The van der Waals surface area contributed by atoms with Crippen molar-refractivity contribution in [2.75, 3.05) is 6.61 Å². The normalized spacial score (nSPS) is 62.7. The summed E-state index contributed by atoms with van der Waals surface area (Å²) in [5.74, 6) is -8.88. The van der Waals surface area contributed by atoms with E-state index >= 15 is 0 Å². The monoisotopic (exact) mass is 420 g/mol. The van der Waals surface area contributed by atoms with E-state index < -0.39 is 75.1 Å². The first kappa shape index (κ1) is 20.0. The van der Waals surface area contributed by atoms with Gasteiger partial charge in [-0.2, -0.15) is 0 Å². The number of ether oxygens (including phenoxy) is 3. The van der Waals surface area contributed by atoms with Gasteiger partial charge >= 0.3 is 7.82 Å². The third-order valence-electron chi connectivity index (χ3n) is 4.74. The Bertz CT molecular complexity index is 662. The lowest BCUT2D eigenvalue weighted by molar-refractivity contribution is -0.524. The van der Waals surface area contributed by atoms with Gasteiger partial charge in [0.2, 0.25) is 0 Å². The van der Waals surface area contributed by atoms with Crippen LogP contribution >= 0.6 is 7.82 Å². The molecule has 15 nitrogen and oxygen atoms in total. The van der Waals surface area contributed by atoms with Crippen LogP contribution in [0, 0.1) is 0 Å². The minimum atomic E-state index is -4.70. The van der Waals surface area contributed by atoms with Crippen LogP contribution in [0.25, 0.3) is 0 Å². The van der Waals surface area contributed by atoms with Crippen LogP contribution in [0.15, 0.2) is 0 Å². The summed E-state index contributed by atoms with van der Waals surface area (Å²) in [6, 6.07) is 0. The van der Waals surface area contributed by atoms with Crippen molar-refractivity contribution in [2.24, 2.45) is 0 Å². The van der Waals surface area contributed by atoms with Crippen LogP contribution in [0.4, 0.5) is 0 Å². The summed E-state index contributed by atoms with van der Waals surface area (Å²) in [7, 11) is -4.70. The Balaban J connectivity index is 1.76. The van der Waals surface area contributed by atoms with Crippen LogP contribution < -0.4 is 0 Å². The smallest absolute Gasteiger partial charge is 0.391 e. The SMILES string of the molecule is O=P12O[C@@]3(CO)O[C@@H](O)[C@@H](O)[C@](O)(O1)[C@]3(O[C@H]1O[C@H](O)[C@@H](O)[C@H](O)[C@H]1O)O2. The molecule has 4 heterocycles. The van der Waals surface area contributed by atoms with E-state index in [1.807, 2.05) is 0 Å². The fraction of sp³-hybridized carbons (Fsp3) is 1.00. The van der Waals surface area contributed by atoms with Crippen molar-refractivity contribution in [3.63, 3.8) is 0 Å². The number of hydrogen-bond acceptors (Lipinski definition) is 15. The molecule has 0 aromatic carbocycles. The molecule has 0 aliphatic carbocycles. The minimum Gasteiger partial charge on any atom is -0.391 e. The highest BCUT2D eigenvalue weighted by atomic mass is 31.2. The van der Waals surface area contributed by atoms with E-state index in [9.17, 15) is 45.4 Å². The topological polar surface area (TPSA) is 234 Å². The van der Waals surface area contributed by atoms with E-state index in [-0.39, 0.29) is 0 Å². The minimum absolute atomic E-state index is 1.26. The molecule has 0 aromatic rings. The van der Waals surface area contributed by atoms with Crippen molar-refractivity contribution in [3.05, 3.63) is 0 Å². The van der Waals surface area contributed by atoms with Crippen LogP contribution in [0.5, 0.6) is 0 Å². The zero-order valence-corrected chi connectivity index (χ0v) is 14.0. The van der Waals surface area contributed by atoms with Gasteiger partial charge in [0.05, 0.1) is 0 Å². The van der Waals surface area contributed by atoms with E-state index in [0.717, 1.165) is 0 Å². The predicted molar refractivity (Wildman–Crippen MR) is 71.4 cm³/mol. The molecule has 4 rings (SSSR count). The molecule has 4 fully saturated rings. The number of fused-ring (bicyclic) bond motifs is 1. The molecule has 0 spiro atoms. The molecule has 2 bridgehead atoms. The van der Waals surface area contributed by atoms with Gasteiger partial charge in [0.25, 0.3) is 17.4 Å². The first-order valence-corrected chi connectivity index (χ1v) is 9.05. The summed E-state index contributed by atoms with van der Waals surface area (Å²) in [6.07, 6.45) is -14.7. The Labute approximate surface area is 149 Å². The summed E-state index contributed by atoms with van der Waals surface area (Å²) in [6.45, 7) is -1.26. The molecule has 0 amide bonds. The highest BCUT2D eigenvalue weighted by Gasteiger charge is 2.91. The quantitative estimate of drug-likeness (QED) is 0.199. The van der Waals surface area contributed by atoms with E-state index in [1.165, 1.54) is 0 Å². The molecule has 27 heavy (non-hydrogen) atoms. The van der Waals surface area contributed by atoms with Gasteiger partial charge in [0.15, 0.2) is 25.0 Å². The van der Waals surface area contributed by atoms with Crippen LogP contribution in [0.3, 0.4) is 0 Å². The molecule has 8 N–H and O–H groups in total. The molecule has 1 unspecified atom stereocenters. The number of aliphatic hydroxyl groups excluding tert-OH is 7. The van der Waals surface area contributed by atoms with Gasteiger partial charge in [0, 0.05) is 0 Å². The second-order valence-electron chi connectivity index (χ2n) is 6.38. The molecule has 4 aliphatic rings. The number of rotatable bonds is 3. The fourth-order valence-corrected chi connectivity index (χ4v) is 5.24. The highest BCUT2D eigenvalue weighted by Crippen LogP contribution is 2.78. The van der Waals surface area contributed by atoms with Gasteiger partial charge in [0.1, 0.15) is 24.9 Å². The maximum Gasteiger partial charge on any atom is 0.483 e. The average molecular weight is 420 g/mol. The number of aliphatic hydroxyl groups is 8. The Morgan fingerprint density at radius 1 is 0.926 bits per heavy atom. The lowest BCUT2D eigenvalue weighted by Crippen LogP contribution is -2.81. The molecular weight excluding hydrogens is 403 g/mol. The zero-order chi connectivity index (χ0) is 20.0. The standard InChI is InChI=1S/C11H17O15P/c12-1-9-11(23-8-4(15)2(13)3(14)6(17)21-8)10(19,5(16)7(18)22-9)25-27(20,24-9)26-11/h2-8,12-19H,1H2/t2-,3-,4+,5+,6-,7+,8+,9+,10-,11+,27?/m0/s1. The van der Waals surface area contributed by atoms with Crippen molar-refractivity contribution in [2.45, 2.75) is 60.6 Å². The van der Waals surface area contributed by atoms with Gasteiger partial charge < -0.3 is 55.1 Å². The molecule has 16 heteroatoms. The Morgan fingerprint density at radius 2 is 1.59 bits per heavy atom. The van der Waals surface area contributed by atoms with E-state index in [1.54, 1.807) is 0 Å². The fourth-order valence-electron chi connectivity index (χ4n) is 3.35. The molecule has 0 aromatic heterocycles. The van der Waals surface area contributed by atoms with Crippen molar-refractivity contribution >= 4 is 7.82 Å². The summed E-state index contributed by atoms with van der Waals surface area (Å²) in [5.41, 5.74) is 0. The Hall–Kier alpha value is -0.330. The lowest BCUT2D eigenvalue weighted by atomic mass is 9.88. The van der Waals surface area contributed by atoms with Crippen molar-refractivity contribution in [1.82, 2.24) is 0 Å². The van der Waals surface area contributed by atoms with E-state index in [2.05, 4.69) is 0 Å². The molecule has 156 valence electrons. The third kappa shape index (κ3) is 2.32. The molecular formula is C11H17O15P. The van der Waals surface area contributed by atoms with Gasteiger partial charge in [-0.3, -0.25) is 0 Å². The largest absolute Gasteiger partial charge is 0.483 e. The van der Waals surface area contributed by atoms with Crippen molar-refractivity contribution in [3.8, 4) is 0 Å². The Morgan fingerprint density at radius 3 is 2.22 bits per heavy atom. The average Bonchev–Trinajstić information content (AvgIpc) is 2.99. The van der Waals surface area contributed by atoms with Gasteiger partial charge in [-0.15, -0.1) is 0 Å². The van der Waals surface area contributed by atoms with Gasteiger partial charge in [-0.25, -0.2) is 18.1 Å². The molecule has 4 saturated heterocycles. The summed E-state index contributed by atoms with van der Waals surface area (Å²) in [5, 5.41) is 79.1. The van der Waals surface area contributed by atoms with Crippen LogP contribution in [0.1, 0.15) is 0 Å². The van der Waals surface area contributed by atoms with Crippen LogP contribution in [0.2, 0.25) is 0 Å². The predicted octanol–water partition coefficient (Wildman–Crippen LogP) is -5.27. The van der Waals surface area contributed by atoms with Gasteiger partial charge in [-0.05, 0) is 0 Å². The van der Waals surface area contributed by atoms with Crippen molar-refractivity contribution < 1.29 is 73.2 Å².